The summed E-state index contributed by atoms with van der Waals surface area (Å²) in [6, 6.07) is 11.8. The maximum absolute atomic E-state index is 15.0. The van der Waals surface area contributed by atoms with Crippen LogP contribution in [0.1, 0.15) is 35.6 Å². The quantitative estimate of drug-likeness (QED) is 0.152. The summed E-state index contributed by atoms with van der Waals surface area (Å²) >= 11 is 0. The van der Waals surface area contributed by atoms with E-state index in [-0.39, 0.29) is 40.7 Å². The van der Waals surface area contributed by atoms with Crippen LogP contribution in [0.5, 0.6) is 0 Å². The second-order valence-corrected chi connectivity index (χ2v) is 9.36. The molecule has 4 rings (SSSR count). The third-order valence-electron chi connectivity index (χ3n) is 6.40. The van der Waals surface area contributed by atoms with Crippen molar-refractivity contribution in [1.29, 1.82) is 0 Å². The molecule has 0 spiro atoms. The standard InChI is InChI=1S/C32H21F9/c1-2-3-18-4-7-22(26(33)12-18)20-6-9-23(29(36)15-20)21-16-30(37)24(31(38)17-21)8-5-19-13-27(34)25(28(35)14-19)10-11-32(39,40)41/h4,6-7,9,12-17H,2-3,5,8H2,1H3. The van der Waals surface area contributed by atoms with Crippen LogP contribution in [0.2, 0.25) is 0 Å². The minimum atomic E-state index is -4.94. The Balaban J connectivity index is 1.54. The minimum Gasteiger partial charge on any atom is -0.207 e. The summed E-state index contributed by atoms with van der Waals surface area (Å²) in [6.45, 7) is 1.96. The Bertz CT molecular complexity index is 1610. The van der Waals surface area contributed by atoms with Gasteiger partial charge in [-0.25, -0.2) is 26.3 Å². The van der Waals surface area contributed by atoms with Gasteiger partial charge in [0, 0.05) is 22.6 Å². The van der Waals surface area contributed by atoms with Gasteiger partial charge in [0.05, 0.1) is 5.56 Å². The Morgan fingerprint density at radius 2 is 1.10 bits per heavy atom. The fourth-order valence-electron chi connectivity index (χ4n) is 4.44. The van der Waals surface area contributed by atoms with Gasteiger partial charge in [-0.05, 0) is 77.9 Å². The molecule has 0 saturated carbocycles. The van der Waals surface area contributed by atoms with E-state index in [1.165, 1.54) is 24.1 Å². The zero-order valence-electron chi connectivity index (χ0n) is 21.5. The van der Waals surface area contributed by atoms with Gasteiger partial charge in [0.25, 0.3) is 0 Å². The Kier molecular flexibility index (Phi) is 8.81. The fraction of sp³-hybridized carbons (Fsp3) is 0.188. The van der Waals surface area contributed by atoms with E-state index in [1.54, 1.807) is 12.1 Å². The van der Waals surface area contributed by atoms with Crippen molar-refractivity contribution >= 4 is 0 Å². The van der Waals surface area contributed by atoms with Crippen molar-refractivity contribution < 1.29 is 39.5 Å². The molecule has 9 heteroatoms. The van der Waals surface area contributed by atoms with Crippen molar-refractivity contribution in [3.8, 4) is 34.1 Å². The first-order valence-electron chi connectivity index (χ1n) is 12.5. The summed E-state index contributed by atoms with van der Waals surface area (Å²) in [5.41, 5.74) is -0.567. The molecule has 0 N–H and O–H groups in total. The second-order valence-electron chi connectivity index (χ2n) is 9.36. The highest BCUT2D eigenvalue weighted by molar-refractivity contribution is 5.72. The summed E-state index contributed by atoms with van der Waals surface area (Å²) in [7, 11) is 0. The Labute approximate surface area is 230 Å². The molecule has 0 aliphatic rings. The molecule has 0 atom stereocenters. The van der Waals surface area contributed by atoms with Crippen molar-refractivity contribution in [1.82, 2.24) is 0 Å². The number of alkyl halides is 3. The summed E-state index contributed by atoms with van der Waals surface area (Å²) in [5, 5.41) is 0. The molecule has 0 aliphatic carbocycles. The fourth-order valence-corrected chi connectivity index (χ4v) is 4.44. The summed E-state index contributed by atoms with van der Waals surface area (Å²) in [4.78, 5) is 0. The molecular formula is C32H21F9. The molecule has 0 aromatic heterocycles. The molecule has 4 aromatic rings. The van der Waals surface area contributed by atoms with Crippen LogP contribution in [0.25, 0.3) is 22.3 Å². The largest absolute Gasteiger partial charge is 0.458 e. The normalized spacial score (nSPS) is 11.4. The summed E-state index contributed by atoms with van der Waals surface area (Å²) < 4.78 is 124. The molecule has 0 nitrogen and oxygen atoms in total. The number of benzene rings is 4. The van der Waals surface area contributed by atoms with Crippen LogP contribution in [-0.2, 0) is 19.3 Å². The number of aryl methyl sites for hydroxylation is 2. The summed E-state index contributed by atoms with van der Waals surface area (Å²) in [5.74, 6) is -3.92. The van der Waals surface area contributed by atoms with Gasteiger partial charge in [-0.1, -0.05) is 43.5 Å². The van der Waals surface area contributed by atoms with Crippen LogP contribution in [0.4, 0.5) is 39.5 Å². The van der Waals surface area contributed by atoms with Crippen molar-refractivity contribution in [2.75, 3.05) is 0 Å². The second kappa shape index (κ2) is 12.1. The van der Waals surface area contributed by atoms with Crippen LogP contribution < -0.4 is 0 Å². The van der Waals surface area contributed by atoms with E-state index < -0.39 is 52.2 Å². The maximum Gasteiger partial charge on any atom is 0.458 e. The molecule has 4 aromatic carbocycles. The maximum atomic E-state index is 15.0. The van der Waals surface area contributed by atoms with Crippen molar-refractivity contribution in [3.05, 3.63) is 118 Å². The van der Waals surface area contributed by atoms with E-state index >= 15 is 4.39 Å². The van der Waals surface area contributed by atoms with Gasteiger partial charge in [0.1, 0.15) is 34.9 Å². The highest BCUT2D eigenvalue weighted by Gasteiger charge is 2.24. The van der Waals surface area contributed by atoms with Gasteiger partial charge >= 0.3 is 6.18 Å². The van der Waals surface area contributed by atoms with Gasteiger partial charge in [-0.2, -0.15) is 13.2 Å². The third kappa shape index (κ3) is 7.12. The molecule has 0 fully saturated rings. The van der Waals surface area contributed by atoms with Gasteiger partial charge in [0.15, 0.2) is 0 Å². The third-order valence-corrected chi connectivity index (χ3v) is 6.40. The lowest BCUT2D eigenvalue weighted by Gasteiger charge is -2.12. The molecule has 0 radical (unpaired) electrons. The molecule has 0 aliphatic heterocycles. The average molecular weight is 577 g/mol. The van der Waals surface area contributed by atoms with Gasteiger partial charge < -0.3 is 0 Å². The predicted octanol–water partition coefficient (Wildman–Crippen LogP) is 9.51. The van der Waals surface area contributed by atoms with Crippen LogP contribution in [0.3, 0.4) is 0 Å². The van der Waals surface area contributed by atoms with Gasteiger partial charge in [-0.3, -0.25) is 0 Å². The summed E-state index contributed by atoms with van der Waals surface area (Å²) in [6.07, 6.45) is -4.01. The van der Waals surface area contributed by atoms with E-state index in [0.29, 0.717) is 6.42 Å². The van der Waals surface area contributed by atoms with E-state index in [0.717, 1.165) is 48.2 Å². The lowest BCUT2D eigenvalue weighted by atomic mass is 9.96. The first kappa shape index (κ1) is 29.8. The van der Waals surface area contributed by atoms with Crippen LogP contribution >= 0.6 is 0 Å². The molecule has 0 saturated heterocycles. The lowest BCUT2D eigenvalue weighted by molar-refractivity contribution is -0.0696. The average Bonchev–Trinajstić information content (AvgIpc) is 2.87. The van der Waals surface area contributed by atoms with Crippen LogP contribution in [0, 0.1) is 46.7 Å². The Hall–Kier alpha value is -4.19. The molecule has 0 unspecified atom stereocenters. The topological polar surface area (TPSA) is 0 Å². The molecule has 212 valence electrons. The van der Waals surface area contributed by atoms with Crippen molar-refractivity contribution in [2.24, 2.45) is 0 Å². The van der Waals surface area contributed by atoms with Crippen molar-refractivity contribution in [3.63, 3.8) is 0 Å². The van der Waals surface area contributed by atoms with E-state index in [4.69, 9.17) is 0 Å². The number of halogens is 9. The zero-order valence-corrected chi connectivity index (χ0v) is 21.5. The zero-order chi connectivity index (χ0) is 29.9. The molecule has 41 heavy (non-hydrogen) atoms. The predicted molar refractivity (Wildman–Crippen MR) is 138 cm³/mol. The number of hydrogen-bond acceptors (Lipinski definition) is 0. The van der Waals surface area contributed by atoms with E-state index in [2.05, 4.69) is 0 Å². The minimum absolute atomic E-state index is 0.0583. The Morgan fingerprint density at radius 3 is 1.66 bits per heavy atom. The van der Waals surface area contributed by atoms with Gasteiger partial charge in [0.2, 0.25) is 0 Å². The highest BCUT2D eigenvalue weighted by Crippen LogP contribution is 2.32. The molecule has 0 amide bonds. The van der Waals surface area contributed by atoms with Gasteiger partial charge in [-0.15, -0.1) is 0 Å². The van der Waals surface area contributed by atoms with Crippen LogP contribution in [0.15, 0.2) is 60.7 Å². The molecule has 0 heterocycles. The van der Waals surface area contributed by atoms with E-state index in [9.17, 15) is 35.1 Å². The first-order chi connectivity index (χ1) is 19.4. The van der Waals surface area contributed by atoms with E-state index in [1.807, 2.05) is 6.92 Å². The number of hydrogen-bond donors (Lipinski definition) is 0. The Morgan fingerprint density at radius 1 is 0.561 bits per heavy atom. The van der Waals surface area contributed by atoms with Crippen LogP contribution in [-0.4, -0.2) is 6.18 Å². The smallest absolute Gasteiger partial charge is 0.207 e. The monoisotopic (exact) mass is 576 g/mol. The lowest BCUT2D eigenvalue weighted by Crippen LogP contribution is -2.04. The first-order valence-corrected chi connectivity index (χ1v) is 12.5. The number of rotatable bonds is 7. The molecule has 0 bridgehead atoms. The molecular weight excluding hydrogens is 555 g/mol. The SMILES string of the molecule is CCCc1ccc(-c2ccc(-c3cc(F)c(CCc4cc(F)c(C#CC(F)(F)F)c(F)c4)c(F)c3)c(F)c2)c(F)c1. The van der Waals surface area contributed by atoms with Crippen molar-refractivity contribution in [2.45, 2.75) is 38.8 Å². The highest BCUT2D eigenvalue weighted by atomic mass is 19.4.